The highest BCUT2D eigenvalue weighted by Crippen LogP contribution is 2.64. The number of rotatable bonds is 2. The maximum absolute atomic E-state index is 11.6. The lowest BCUT2D eigenvalue weighted by Crippen LogP contribution is -2.51. The number of carbonyl (C=O) groups excluding carboxylic acids is 2. The van der Waals surface area contributed by atoms with Gasteiger partial charge in [-0.2, -0.15) is 0 Å². The van der Waals surface area contributed by atoms with Gasteiger partial charge in [-0.25, -0.2) is 0 Å². The number of amides is 1. The van der Waals surface area contributed by atoms with E-state index in [0.717, 1.165) is 44.2 Å². The van der Waals surface area contributed by atoms with Crippen LogP contribution in [-0.4, -0.2) is 18.0 Å². The van der Waals surface area contributed by atoms with E-state index in [-0.39, 0.29) is 28.8 Å². The molecule has 0 spiro atoms. The number of hydrogen-bond acceptors (Lipinski definition) is 3. The van der Waals surface area contributed by atoms with E-state index in [9.17, 15) is 9.59 Å². The van der Waals surface area contributed by atoms with E-state index >= 15 is 0 Å². The van der Waals surface area contributed by atoms with Gasteiger partial charge in [-0.3, -0.25) is 9.59 Å². The van der Waals surface area contributed by atoms with Gasteiger partial charge in [-0.15, -0.1) is 0 Å². The van der Waals surface area contributed by atoms with Gasteiger partial charge in [0, 0.05) is 31.4 Å². The van der Waals surface area contributed by atoms with Crippen molar-refractivity contribution in [2.75, 3.05) is 0 Å². The van der Waals surface area contributed by atoms with Crippen molar-refractivity contribution in [1.82, 2.24) is 5.32 Å². The quantitative estimate of drug-likeness (QED) is 0.574. The van der Waals surface area contributed by atoms with Gasteiger partial charge in [0.2, 0.25) is 5.91 Å². The average Bonchev–Trinajstić information content (AvgIpc) is 2.91. The Morgan fingerprint density at radius 2 is 1.78 bits per heavy atom. The van der Waals surface area contributed by atoms with E-state index in [2.05, 4.69) is 31.3 Å². The van der Waals surface area contributed by atoms with E-state index in [1.165, 1.54) is 18.9 Å². The Hall–Kier alpha value is -1.58. The molecule has 0 heterocycles. The number of ether oxygens (including phenoxy) is 1. The summed E-state index contributed by atoms with van der Waals surface area (Å²) in [6, 6.07) is 0. The van der Waals surface area contributed by atoms with Crippen LogP contribution in [0.5, 0.6) is 0 Å². The fraction of sp³-hybridized carbons (Fsp3) is 0.739. The molecule has 6 atom stereocenters. The van der Waals surface area contributed by atoms with Gasteiger partial charge in [0.15, 0.2) is 0 Å². The molecule has 4 aliphatic carbocycles. The highest BCUT2D eigenvalue weighted by atomic mass is 16.5. The molecule has 0 radical (unpaired) electrons. The van der Waals surface area contributed by atoms with Crippen molar-refractivity contribution in [1.29, 1.82) is 0 Å². The molecule has 4 heteroatoms. The zero-order valence-electron chi connectivity index (χ0n) is 17.1. The second-order valence-corrected chi connectivity index (χ2v) is 9.72. The summed E-state index contributed by atoms with van der Waals surface area (Å²) in [7, 11) is 0. The number of hydrogen-bond donors (Lipinski definition) is 1. The van der Waals surface area contributed by atoms with Crippen LogP contribution in [0.1, 0.15) is 72.6 Å². The smallest absolute Gasteiger partial charge is 0.302 e. The molecule has 3 unspecified atom stereocenters. The van der Waals surface area contributed by atoms with Crippen molar-refractivity contribution in [2.24, 2.45) is 28.6 Å². The molecule has 0 aromatic rings. The van der Waals surface area contributed by atoms with E-state index in [1.807, 2.05) is 0 Å². The van der Waals surface area contributed by atoms with Crippen molar-refractivity contribution in [3.05, 3.63) is 23.4 Å². The number of carbonyl (C=O) groups is 2. The van der Waals surface area contributed by atoms with Crippen molar-refractivity contribution in [3.8, 4) is 0 Å². The van der Waals surface area contributed by atoms with E-state index in [1.54, 1.807) is 6.92 Å². The average molecular weight is 372 g/mol. The highest BCUT2D eigenvalue weighted by Gasteiger charge is 2.57. The molecule has 0 aromatic carbocycles. The minimum absolute atomic E-state index is 0.0480. The van der Waals surface area contributed by atoms with Gasteiger partial charge in [0.1, 0.15) is 6.10 Å². The number of esters is 1. The molecule has 1 N–H and O–H groups in total. The molecule has 2 saturated carbocycles. The standard InChI is InChI=1S/C23H33NO3/c1-14(25)24-21-8-7-19-18-6-5-16-13-17(27-15(2)26)9-11-22(16,3)20(18)10-12-23(19,21)4/h5,8,17-20H,6-7,9-13H2,1-4H3,(H,24,25)/t17-,18?,19?,20?,22-,23-/m0/s1. The van der Waals surface area contributed by atoms with Crippen LogP contribution in [0.2, 0.25) is 0 Å². The maximum atomic E-state index is 11.6. The first kappa shape index (κ1) is 18.8. The summed E-state index contributed by atoms with van der Waals surface area (Å²) >= 11 is 0. The molecule has 4 rings (SSSR count). The Balaban J connectivity index is 1.56. The molecular formula is C23H33NO3. The van der Waals surface area contributed by atoms with Crippen LogP contribution in [0.3, 0.4) is 0 Å². The van der Waals surface area contributed by atoms with Crippen LogP contribution in [0, 0.1) is 28.6 Å². The molecule has 2 fully saturated rings. The summed E-state index contributed by atoms with van der Waals surface area (Å²) in [5, 5.41) is 3.13. The molecule has 148 valence electrons. The Morgan fingerprint density at radius 1 is 1.04 bits per heavy atom. The van der Waals surface area contributed by atoms with Gasteiger partial charge < -0.3 is 10.1 Å². The van der Waals surface area contributed by atoms with Crippen LogP contribution in [-0.2, 0) is 14.3 Å². The molecule has 0 bridgehead atoms. The van der Waals surface area contributed by atoms with Crippen molar-refractivity contribution in [3.63, 3.8) is 0 Å². The molecule has 0 saturated heterocycles. The second-order valence-electron chi connectivity index (χ2n) is 9.72. The number of fused-ring (bicyclic) bond motifs is 5. The third-order valence-corrected chi connectivity index (χ3v) is 8.28. The van der Waals surface area contributed by atoms with Crippen LogP contribution in [0.4, 0.5) is 0 Å². The topological polar surface area (TPSA) is 55.4 Å². The SMILES string of the molecule is CC(=O)NC1=CCC2C3CC=C4C[C@@H](OC(C)=O)CC[C@]4(C)C3CC[C@]12C. The van der Waals surface area contributed by atoms with Crippen molar-refractivity contribution in [2.45, 2.75) is 78.7 Å². The summed E-state index contributed by atoms with van der Waals surface area (Å²) in [4.78, 5) is 23.0. The van der Waals surface area contributed by atoms with E-state index < -0.39 is 0 Å². The lowest BCUT2D eigenvalue weighted by molar-refractivity contribution is -0.148. The Morgan fingerprint density at radius 3 is 2.48 bits per heavy atom. The van der Waals surface area contributed by atoms with E-state index in [0.29, 0.717) is 17.8 Å². The van der Waals surface area contributed by atoms with Crippen LogP contribution in [0.25, 0.3) is 0 Å². The van der Waals surface area contributed by atoms with Crippen molar-refractivity contribution >= 4 is 11.9 Å². The monoisotopic (exact) mass is 371 g/mol. The molecule has 27 heavy (non-hydrogen) atoms. The normalized spacial score (nSPS) is 42.8. The largest absolute Gasteiger partial charge is 0.462 e. The molecule has 4 nitrogen and oxygen atoms in total. The fourth-order valence-corrected chi connectivity index (χ4v) is 6.91. The minimum Gasteiger partial charge on any atom is -0.462 e. The fourth-order valence-electron chi connectivity index (χ4n) is 6.91. The third kappa shape index (κ3) is 2.96. The third-order valence-electron chi connectivity index (χ3n) is 8.28. The minimum atomic E-state index is -0.158. The van der Waals surface area contributed by atoms with Crippen LogP contribution < -0.4 is 5.32 Å². The molecular weight excluding hydrogens is 338 g/mol. The van der Waals surface area contributed by atoms with Crippen LogP contribution in [0.15, 0.2) is 23.4 Å². The Bertz CT molecular complexity index is 723. The first-order valence-electron chi connectivity index (χ1n) is 10.6. The van der Waals surface area contributed by atoms with Gasteiger partial charge in [0.25, 0.3) is 0 Å². The molecule has 4 aliphatic rings. The zero-order valence-corrected chi connectivity index (χ0v) is 17.1. The first-order chi connectivity index (χ1) is 12.7. The Kier molecular flexibility index (Phi) is 4.51. The zero-order chi connectivity index (χ0) is 19.4. The maximum Gasteiger partial charge on any atom is 0.302 e. The molecule has 0 aromatic heterocycles. The Labute approximate surface area is 162 Å². The highest BCUT2D eigenvalue weighted by molar-refractivity contribution is 5.75. The second kappa shape index (κ2) is 6.49. The lowest BCUT2D eigenvalue weighted by Gasteiger charge is -2.57. The molecule has 0 aliphatic heterocycles. The number of allylic oxidation sites excluding steroid dienone is 3. The summed E-state index contributed by atoms with van der Waals surface area (Å²) in [5.74, 6) is 1.91. The number of nitrogens with one attached hydrogen (secondary N) is 1. The van der Waals surface area contributed by atoms with Gasteiger partial charge in [0.05, 0.1) is 0 Å². The van der Waals surface area contributed by atoms with Gasteiger partial charge in [-0.1, -0.05) is 31.6 Å². The van der Waals surface area contributed by atoms with Gasteiger partial charge in [-0.05, 0) is 61.7 Å². The van der Waals surface area contributed by atoms with E-state index in [4.69, 9.17) is 4.74 Å². The predicted octanol–water partition coefficient (Wildman–Crippen LogP) is 4.51. The lowest BCUT2D eigenvalue weighted by atomic mass is 9.48. The summed E-state index contributed by atoms with van der Waals surface area (Å²) < 4.78 is 5.53. The first-order valence-corrected chi connectivity index (χ1v) is 10.6. The predicted molar refractivity (Wildman–Crippen MR) is 105 cm³/mol. The summed E-state index contributed by atoms with van der Waals surface area (Å²) in [6.07, 6.45) is 12.4. The molecule has 1 amide bonds. The van der Waals surface area contributed by atoms with Crippen molar-refractivity contribution < 1.29 is 14.3 Å². The van der Waals surface area contributed by atoms with Gasteiger partial charge >= 0.3 is 5.97 Å². The van der Waals surface area contributed by atoms with Crippen LogP contribution >= 0.6 is 0 Å². The summed E-state index contributed by atoms with van der Waals surface area (Å²) in [5.41, 5.74) is 3.05. The summed E-state index contributed by atoms with van der Waals surface area (Å²) in [6.45, 7) is 7.95.